The number of hydrogen-bond donors (Lipinski definition) is 1. The number of aryl methyl sites for hydroxylation is 1. The summed E-state index contributed by atoms with van der Waals surface area (Å²) < 4.78 is 2.09. The molecule has 1 saturated heterocycles. The summed E-state index contributed by atoms with van der Waals surface area (Å²) in [5.74, 6) is 0.0864. The number of anilines is 1. The second kappa shape index (κ2) is 9.14. The van der Waals surface area contributed by atoms with E-state index in [4.69, 9.17) is 0 Å². The first kappa shape index (κ1) is 19.5. The molecule has 0 unspecified atom stereocenters. The Morgan fingerprint density at radius 1 is 0.966 bits per heavy atom. The van der Waals surface area contributed by atoms with E-state index in [9.17, 15) is 4.79 Å². The fourth-order valence-corrected chi connectivity index (χ4v) is 4.16. The van der Waals surface area contributed by atoms with Gasteiger partial charge in [0.15, 0.2) is 0 Å². The van der Waals surface area contributed by atoms with E-state index >= 15 is 0 Å². The van der Waals surface area contributed by atoms with Gasteiger partial charge in [-0.25, -0.2) is 0 Å². The number of amides is 1. The number of benzene rings is 2. The first-order valence-corrected chi connectivity index (χ1v) is 10.5. The van der Waals surface area contributed by atoms with E-state index in [1.807, 2.05) is 12.1 Å². The standard InChI is InChI=1S/C24H30N4O/c1-20-18-21-8-5-6-11-23(21)28(20)19-24(29)25-12-7-13-26-14-16-27(17-15-26)22-9-3-2-4-10-22/h2-6,8-11,18H,7,12-17,19H2,1H3,(H,25,29). The number of para-hydroxylation sites is 2. The Balaban J connectivity index is 1.17. The number of nitrogens with zero attached hydrogens (tertiary/aromatic N) is 3. The van der Waals surface area contributed by atoms with Crippen LogP contribution in [0, 0.1) is 6.92 Å². The molecule has 0 spiro atoms. The van der Waals surface area contributed by atoms with Gasteiger partial charge in [0.1, 0.15) is 6.54 Å². The third-order valence-electron chi connectivity index (χ3n) is 5.79. The fourth-order valence-electron chi connectivity index (χ4n) is 4.16. The molecule has 0 atom stereocenters. The van der Waals surface area contributed by atoms with Crippen molar-refractivity contribution >= 4 is 22.5 Å². The molecule has 1 aromatic heterocycles. The van der Waals surface area contributed by atoms with Crippen molar-refractivity contribution in [1.29, 1.82) is 0 Å². The first-order chi connectivity index (χ1) is 14.2. The number of fused-ring (bicyclic) bond motifs is 1. The van der Waals surface area contributed by atoms with Crippen LogP contribution in [-0.2, 0) is 11.3 Å². The fraction of sp³-hybridized carbons (Fsp3) is 0.375. The number of carbonyl (C=O) groups is 1. The lowest BCUT2D eigenvalue weighted by atomic mass is 10.2. The number of aromatic nitrogens is 1. The van der Waals surface area contributed by atoms with Crippen molar-refractivity contribution in [2.24, 2.45) is 0 Å². The Hall–Kier alpha value is -2.79. The van der Waals surface area contributed by atoms with Gasteiger partial charge in [0.2, 0.25) is 5.91 Å². The predicted molar refractivity (Wildman–Crippen MR) is 119 cm³/mol. The predicted octanol–water partition coefficient (Wildman–Crippen LogP) is 3.28. The molecule has 0 saturated carbocycles. The van der Waals surface area contributed by atoms with Crippen LogP contribution < -0.4 is 10.2 Å². The molecule has 1 N–H and O–H groups in total. The SMILES string of the molecule is Cc1cc2ccccc2n1CC(=O)NCCCN1CCN(c2ccccc2)CC1. The van der Waals surface area contributed by atoms with Gasteiger partial charge >= 0.3 is 0 Å². The molecule has 29 heavy (non-hydrogen) atoms. The zero-order valence-corrected chi connectivity index (χ0v) is 17.2. The maximum absolute atomic E-state index is 12.4. The summed E-state index contributed by atoms with van der Waals surface area (Å²) >= 11 is 0. The van der Waals surface area contributed by atoms with Crippen molar-refractivity contribution in [3.8, 4) is 0 Å². The second-order valence-electron chi connectivity index (χ2n) is 7.80. The maximum Gasteiger partial charge on any atom is 0.239 e. The van der Waals surface area contributed by atoms with E-state index in [-0.39, 0.29) is 5.91 Å². The highest BCUT2D eigenvalue weighted by Gasteiger charge is 2.16. The van der Waals surface area contributed by atoms with Crippen molar-refractivity contribution in [2.45, 2.75) is 19.9 Å². The average Bonchev–Trinajstić information content (AvgIpc) is 3.07. The van der Waals surface area contributed by atoms with Crippen LogP contribution >= 0.6 is 0 Å². The number of carbonyl (C=O) groups excluding carboxylic acids is 1. The molecule has 0 bridgehead atoms. The summed E-state index contributed by atoms with van der Waals surface area (Å²) in [7, 11) is 0. The Morgan fingerprint density at radius 2 is 1.69 bits per heavy atom. The maximum atomic E-state index is 12.4. The number of piperazine rings is 1. The van der Waals surface area contributed by atoms with E-state index in [0.717, 1.165) is 56.9 Å². The largest absolute Gasteiger partial charge is 0.369 e. The summed E-state index contributed by atoms with van der Waals surface area (Å²) in [6.45, 7) is 8.50. The highest BCUT2D eigenvalue weighted by atomic mass is 16.1. The summed E-state index contributed by atoms with van der Waals surface area (Å²) in [5, 5.41) is 4.28. The van der Waals surface area contributed by atoms with E-state index in [1.165, 1.54) is 11.1 Å². The minimum atomic E-state index is 0.0864. The van der Waals surface area contributed by atoms with Crippen LogP contribution in [0.25, 0.3) is 10.9 Å². The minimum Gasteiger partial charge on any atom is -0.369 e. The molecule has 1 aliphatic rings. The van der Waals surface area contributed by atoms with E-state index in [2.05, 4.69) is 75.1 Å². The van der Waals surface area contributed by atoms with Gasteiger partial charge in [0.25, 0.3) is 0 Å². The Kier molecular flexibility index (Phi) is 6.15. The van der Waals surface area contributed by atoms with Crippen LogP contribution in [0.3, 0.4) is 0 Å². The molecule has 1 aliphatic heterocycles. The summed E-state index contributed by atoms with van der Waals surface area (Å²) in [6, 6.07) is 21.0. The van der Waals surface area contributed by atoms with E-state index in [1.54, 1.807) is 0 Å². The molecule has 2 heterocycles. The quantitative estimate of drug-likeness (QED) is 0.630. The van der Waals surface area contributed by atoms with Gasteiger partial charge in [0, 0.05) is 49.6 Å². The van der Waals surface area contributed by atoms with Gasteiger partial charge in [-0.1, -0.05) is 36.4 Å². The summed E-state index contributed by atoms with van der Waals surface area (Å²) in [4.78, 5) is 17.3. The van der Waals surface area contributed by atoms with Crippen molar-refractivity contribution in [1.82, 2.24) is 14.8 Å². The van der Waals surface area contributed by atoms with Crippen molar-refractivity contribution in [3.63, 3.8) is 0 Å². The molecule has 5 nitrogen and oxygen atoms in total. The van der Waals surface area contributed by atoms with Crippen LogP contribution in [0.15, 0.2) is 60.7 Å². The molecule has 3 aromatic rings. The van der Waals surface area contributed by atoms with Crippen LogP contribution in [0.2, 0.25) is 0 Å². The Bertz CT molecular complexity index is 942. The van der Waals surface area contributed by atoms with Crippen LogP contribution in [0.5, 0.6) is 0 Å². The monoisotopic (exact) mass is 390 g/mol. The molecule has 2 aromatic carbocycles. The van der Waals surface area contributed by atoms with Crippen molar-refractivity contribution in [3.05, 3.63) is 66.4 Å². The molecule has 0 radical (unpaired) electrons. The molecule has 4 rings (SSSR count). The van der Waals surface area contributed by atoms with Gasteiger partial charge in [-0.05, 0) is 49.5 Å². The third kappa shape index (κ3) is 4.80. The molecule has 0 aliphatic carbocycles. The average molecular weight is 391 g/mol. The highest BCUT2D eigenvalue weighted by molar-refractivity contribution is 5.84. The van der Waals surface area contributed by atoms with Crippen molar-refractivity contribution < 1.29 is 4.79 Å². The highest BCUT2D eigenvalue weighted by Crippen LogP contribution is 2.19. The molecular weight excluding hydrogens is 360 g/mol. The summed E-state index contributed by atoms with van der Waals surface area (Å²) in [6.07, 6.45) is 0.989. The first-order valence-electron chi connectivity index (χ1n) is 10.5. The number of nitrogens with one attached hydrogen (secondary N) is 1. The molecule has 1 amide bonds. The third-order valence-corrected chi connectivity index (χ3v) is 5.79. The molecule has 152 valence electrons. The minimum absolute atomic E-state index is 0.0864. The van der Waals surface area contributed by atoms with Gasteiger partial charge in [0.05, 0.1) is 0 Å². The van der Waals surface area contributed by atoms with Gasteiger partial charge in [-0.3, -0.25) is 9.69 Å². The summed E-state index contributed by atoms with van der Waals surface area (Å²) in [5.41, 5.74) is 3.56. The number of hydrogen-bond acceptors (Lipinski definition) is 3. The second-order valence-corrected chi connectivity index (χ2v) is 7.80. The van der Waals surface area contributed by atoms with Gasteiger partial charge in [-0.2, -0.15) is 0 Å². The topological polar surface area (TPSA) is 40.5 Å². The van der Waals surface area contributed by atoms with Crippen LogP contribution in [-0.4, -0.2) is 54.6 Å². The van der Waals surface area contributed by atoms with Crippen molar-refractivity contribution in [2.75, 3.05) is 44.2 Å². The zero-order valence-electron chi connectivity index (χ0n) is 17.2. The van der Waals surface area contributed by atoms with Gasteiger partial charge < -0.3 is 14.8 Å². The lowest BCUT2D eigenvalue weighted by molar-refractivity contribution is -0.121. The molecule has 5 heteroatoms. The zero-order chi connectivity index (χ0) is 20.1. The van der Waals surface area contributed by atoms with E-state index in [0.29, 0.717) is 6.54 Å². The molecule has 1 fully saturated rings. The molecular formula is C24H30N4O. The lowest BCUT2D eigenvalue weighted by Crippen LogP contribution is -2.47. The van der Waals surface area contributed by atoms with Crippen LogP contribution in [0.1, 0.15) is 12.1 Å². The lowest BCUT2D eigenvalue weighted by Gasteiger charge is -2.36. The normalized spacial score (nSPS) is 15.0. The van der Waals surface area contributed by atoms with Gasteiger partial charge in [-0.15, -0.1) is 0 Å². The Labute approximate surface area is 172 Å². The van der Waals surface area contributed by atoms with E-state index < -0.39 is 0 Å². The van der Waals surface area contributed by atoms with Crippen LogP contribution in [0.4, 0.5) is 5.69 Å². The Morgan fingerprint density at radius 3 is 2.48 bits per heavy atom. The smallest absolute Gasteiger partial charge is 0.239 e. The number of rotatable bonds is 7.